The number of hydrogen-bond acceptors (Lipinski definition) is 4. The Kier molecular flexibility index (Phi) is 5.55. The monoisotopic (exact) mass is 288 g/mol. The Hall–Kier alpha value is -0.810. The highest BCUT2D eigenvalue weighted by Crippen LogP contribution is 2.29. The lowest BCUT2D eigenvalue weighted by Gasteiger charge is -2.10. The van der Waals surface area contributed by atoms with Gasteiger partial charge < -0.3 is 15.2 Å². The van der Waals surface area contributed by atoms with E-state index in [2.05, 4.69) is 27.8 Å². The van der Waals surface area contributed by atoms with E-state index in [-0.39, 0.29) is 0 Å². The molecule has 0 amide bonds. The molecule has 1 rings (SSSR count). The number of pyridine rings is 1. The van der Waals surface area contributed by atoms with Crippen molar-refractivity contribution in [2.45, 2.75) is 20.3 Å². The minimum absolute atomic E-state index is 0.495. The zero-order chi connectivity index (χ0) is 12.0. The van der Waals surface area contributed by atoms with Gasteiger partial charge in [-0.25, -0.2) is 4.98 Å². The Balaban J connectivity index is 2.45. The van der Waals surface area contributed by atoms with Crippen LogP contribution in [-0.4, -0.2) is 24.8 Å². The van der Waals surface area contributed by atoms with Gasteiger partial charge >= 0.3 is 0 Å². The van der Waals surface area contributed by atoms with E-state index in [0.29, 0.717) is 24.8 Å². The molecule has 0 aliphatic carbocycles. The summed E-state index contributed by atoms with van der Waals surface area (Å²) in [7, 11) is 0. The van der Waals surface area contributed by atoms with Gasteiger partial charge in [0.05, 0.1) is 23.0 Å². The first-order valence-corrected chi connectivity index (χ1v) is 6.07. The molecule has 1 aromatic rings. The molecule has 0 atom stereocenters. The summed E-state index contributed by atoms with van der Waals surface area (Å²) in [5, 5.41) is 0. The molecule has 0 saturated heterocycles. The van der Waals surface area contributed by atoms with E-state index in [4.69, 9.17) is 15.2 Å². The van der Waals surface area contributed by atoms with Gasteiger partial charge in [0, 0.05) is 6.61 Å². The number of nitrogens with zero attached hydrogens (tertiary/aromatic N) is 1. The van der Waals surface area contributed by atoms with Crippen LogP contribution in [0.4, 0.5) is 5.69 Å². The fourth-order valence-corrected chi connectivity index (χ4v) is 1.56. The summed E-state index contributed by atoms with van der Waals surface area (Å²) in [4.78, 5) is 4.11. The van der Waals surface area contributed by atoms with E-state index in [9.17, 15) is 0 Å². The van der Waals surface area contributed by atoms with Crippen molar-refractivity contribution >= 4 is 21.6 Å². The number of aromatic nitrogens is 1. The lowest BCUT2D eigenvalue weighted by atomic mass is 10.2. The van der Waals surface area contributed by atoms with Crippen LogP contribution in [0.2, 0.25) is 0 Å². The van der Waals surface area contributed by atoms with Crippen LogP contribution in [0.1, 0.15) is 18.9 Å². The highest BCUT2D eigenvalue weighted by atomic mass is 79.9. The van der Waals surface area contributed by atoms with Crippen LogP contribution in [0.3, 0.4) is 0 Å². The van der Waals surface area contributed by atoms with Gasteiger partial charge in [-0.2, -0.15) is 0 Å². The van der Waals surface area contributed by atoms with Crippen molar-refractivity contribution in [2.24, 2.45) is 0 Å². The first kappa shape index (κ1) is 13.3. The average molecular weight is 289 g/mol. The van der Waals surface area contributed by atoms with Crippen molar-refractivity contribution in [3.63, 3.8) is 0 Å². The number of hydrogen-bond donors (Lipinski definition) is 1. The number of halogens is 1. The van der Waals surface area contributed by atoms with Gasteiger partial charge in [0.2, 0.25) is 5.88 Å². The quantitative estimate of drug-likeness (QED) is 0.818. The Morgan fingerprint density at radius 2 is 2.12 bits per heavy atom. The number of nitrogens with two attached hydrogens (primary N) is 1. The van der Waals surface area contributed by atoms with Crippen LogP contribution in [0.25, 0.3) is 0 Å². The minimum atomic E-state index is 0.495. The summed E-state index contributed by atoms with van der Waals surface area (Å²) in [6.07, 6.45) is 2.62. The molecule has 16 heavy (non-hydrogen) atoms. The number of nitrogen functional groups attached to an aromatic ring is 1. The van der Waals surface area contributed by atoms with E-state index < -0.39 is 0 Å². The molecule has 0 bridgehead atoms. The second-order valence-electron chi connectivity index (χ2n) is 3.42. The third-order valence-electron chi connectivity index (χ3n) is 2.09. The van der Waals surface area contributed by atoms with Crippen molar-refractivity contribution in [3.8, 4) is 5.88 Å². The van der Waals surface area contributed by atoms with Gasteiger partial charge in [-0.3, -0.25) is 0 Å². The molecule has 0 aromatic carbocycles. The van der Waals surface area contributed by atoms with E-state index in [1.165, 1.54) is 0 Å². The summed E-state index contributed by atoms with van der Waals surface area (Å²) in [5.74, 6) is 0.562. The van der Waals surface area contributed by atoms with Crippen LogP contribution in [0.15, 0.2) is 10.7 Å². The molecule has 0 aliphatic heterocycles. The molecule has 1 aromatic heterocycles. The van der Waals surface area contributed by atoms with Crippen molar-refractivity contribution in [3.05, 3.63) is 16.2 Å². The lowest BCUT2D eigenvalue weighted by molar-refractivity contribution is 0.0987. The maximum atomic E-state index is 5.71. The number of rotatable bonds is 6. The molecule has 0 saturated carbocycles. The largest absolute Gasteiger partial charge is 0.474 e. The zero-order valence-electron chi connectivity index (χ0n) is 9.62. The molecule has 90 valence electrons. The predicted molar refractivity (Wildman–Crippen MR) is 67.7 cm³/mol. The predicted octanol–water partition coefficient (Wildman–Crippen LogP) is 2.54. The maximum absolute atomic E-state index is 5.71. The van der Waals surface area contributed by atoms with E-state index >= 15 is 0 Å². The topological polar surface area (TPSA) is 57.4 Å². The average Bonchev–Trinajstić information content (AvgIpc) is 2.28. The highest BCUT2D eigenvalue weighted by Gasteiger charge is 2.08. The third kappa shape index (κ3) is 3.64. The molecular formula is C11H17BrN2O2. The number of anilines is 1. The molecule has 0 fully saturated rings. The fraction of sp³-hybridized carbons (Fsp3) is 0.545. The van der Waals surface area contributed by atoms with Gasteiger partial charge in [0.15, 0.2) is 0 Å². The van der Waals surface area contributed by atoms with Gasteiger partial charge in [-0.05, 0) is 34.8 Å². The lowest BCUT2D eigenvalue weighted by Crippen LogP contribution is -2.09. The van der Waals surface area contributed by atoms with Gasteiger partial charge in [-0.15, -0.1) is 0 Å². The van der Waals surface area contributed by atoms with E-state index in [1.807, 2.05) is 6.92 Å². The van der Waals surface area contributed by atoms with Gasteiger partial charge in [0.1, 0.15) is 6.61 Å². The van der Waals surface area contributed by atoms with Gasteiger partial charge in [-0.1, -0.05) is 6.92 Å². The fourth-order valence-electron chi connectivity index (χ4n) is 1.11. The Morgan fingerprint density at radius 1 is 1.38 bits per heavy atom. The van der Waals surface area contributed by atoms with Crippen molar-refractivity contribution in [2.75, 3.05) is 25.6 Å². The second-order valence-corrected chi connectivity index (χ2v) is 4.21. The molecule has 2 N–H and O–H groups in total. The first-order chi connectivity index (χ1) is 7.66. The van der Waals surface area contributed by atoms with Crippen LogP contribution >= 0.6 is 15.9 Å². The molecule has 1 heterocycles. The Labute approximate surface area is 104 Å². The highest BCUT2D eigenvalue weighted by molar-refractivity contribution is 9.10. The molecule has 0 radical (unpaired) electrons. The van der Waals surface area contributed by atoms with E-state index in [1.54, 1.807) is 6.20 Å². The second kappa shape index (κ2) is 6.70. The summed E-state index contributed by atoms with van der Waals surface area (Å²) >= 11 is 3.41. The van der Waals surface area contributed by atoms with Crippen molar-refractivity contribution < 1.29 is 9.47 Å². The zero-order valence-corrected chi connectivity index (χ0v) is 11.2. The number of ether oxygens (including phenoxy) is 2. The molecule has 0 aliphatic rings. The SMILES string of the molecule is CCCOCCOc1ncc(N)c(C)c1Br. The summed E-state index contributed by atoms with van der Waals surface area (Å²) in [6, 6.07) is 0. The smallest absolute Gasteiger partial charge is 0.228 e. The molecule has 5 heteroatoms. The van der Waals surface area contributed by atoms with Gasteiger partial charge in [0.25, 0.3) is 0 Å². The summed E-state index contributed by atoms with van der Waals surface area (Å²) in [5.41, 5.74) is 7.31. The van der Waals surface area contributed by atoms with Crippen LogP contribution in [-0.2, 0) is 4.74 Å². The summed E-state index contributed by atoms with van der Waals surface area (Å²) in [6.45, 7) is 5.82. The maximum Gasteiger partial charge on any atom is 0.228 e. The standard InChI is InChI=1S/C11H17BrN2O2/c1-3-4-15-5-6-16-11-10(12)8(2)9(13)7-14-11/h7H,3-6,13H2,1-2H3. The Bertz CT molecular complexity index is 345. The van der Waals surface area contributed by atoms with Crippen molar-refractivity contribution in [1.82, 2.24) is 4.98 Å². The first-order valence-electron chi connectivity index (χ1n) is 5.28. The molecular weight excluding hydrogens is 272 g/mol. The van der Waals surface area contributed by atoms with Crippen molar-refractivity contribution in [1.29, 1.82) is 0 Å². The van der Waals surface area contributed by atoms with Crippen LogP contribution in [0, 0.1) is 6.92 Å². The van der Waals surface area contributed by atoms with Crippen LogP contribution in [0.5, 0.6) is 5.88 Å². The Morgan fingerprint density at radius 3 is 2.81 bits per heavy atom. The third-order valence-corrected chi connectivity index (χ3v) is 3.02. The molecule has 4 nitrogen and oxygen atoms in total. The minimum Gasteiger partial charge on any atom is -0.474 e. The molecule has 0 spiro atoms. The van der Waals surface area contributed by atoms with E-state index in [0.717, 1.165) is 23.1 Å². The summed E-state index contributed by atoms with van der Waals surface area (Å²) < 4.78 is 11.6. The molecule has 0 unspecified atom stereocenters. The normalized spacial score (nSPS) is 10.4. The van der Waals surface area contributed by atoms with Crippen LogP contribution < -0.4 is 10.5 Å².